The zero-order valence-electron chi connectivity index (χ0n) is 16.5. The Morgan fingerprint density at radius 2 is 1.93 bits per heavy atom. The van der Waals surface area contributed by atoms with E-state index in [1.54, 1.807) is 17.0 Å². The molecule has 0 bridgehead atoms. The molecule has 2 heterocycles. The second kappa shape index (κ2) is 8.34. The summed E-state index contributed by atoms with van der Waals surface area (Å²) in [5.41, 5.74) is 3.50. The number of rotatable bonds is 7. The summed E-state index contributed by atoms with van der Waals surface area (Å²) in [5, 5.41) is 23.0. The Kier molecular flexibility index (Phi) is 5.45. The molecule has 7 heteroatoms. The molecule has 4 rings (SSSR count). The number of nitrogens with one attached hydrogen (secondary N) is 1. The SMILES string of the molecule is CC(Nc1ncnc2ccc(-n3cc(CCO)c(C(=O)O)c3)cc12)c1ccccc1. The van der Waals surface area contributed by atoms with E-state index in [1.807, 2.05) is 36.4 Å². The summed E-state index contributed by atoms with van der Waals surface area (Å²) in [6, 6.07) is 15.9. The third-order valence-corrected chi connectivity index (χ3v) is 5.09. The molecule has 0 spiro atoms. The third kappa shape index (κ3) is 3.88. The van der Waals surface area contributed by atoms with Crippen molar-refractivity contribution < 1.29 is 15.0 Å². The van der Waals surface area contributed by atoms with Gasteiger partial charge in [-0.15, -0.1) is 0 Å². The Labute approximate surface area is 173 Å². The number of carboxylic acid groups (broad SMARTS) is 1. The minimum absolute atomic E-state index is 0.0503. The van der Waals surface area contributed by atoms with Gasteiger partial charge >= 0.3 is 5.97 Å². The maximum Gasteiger partial charge on any atom is 0.337 e. The first-order valence-electron chi connectivity index (χ1n) is 9.68. The fraction of sp³-hybridized carbons (Fsp3) is 0.174. The van der Waals surface area contributed by atoms with Gasteiger partial charge in [-0.05, 0) is 42.7 Å². The van der Waals surface area contributed by atoms with Crippen molar-refractivity contribution in [3.8, 4) is 5.69 Å². The van der Waals surface area contributed by atoms with E-state index in [2.05, 4.69) is 34.3 Å². The van der Waals surface area contributed by atoms with Crippen LogP contribution in [0.3, 0.4) is 0 Å². The van der Waals surface area contributed by atoms with Gasteiger partial charge in [0.1, 0.15) is 12.1 Å². The second-order valence-electron chi connectivity index (χ2n) is 7.08. The Hall–Kier alpha value is -3.71. The smallest absolute Gasteiger partial charge is 0.337 e. The van der Waals surface area contributed by atoms with Crippen LogP contribution in [-0.4, -0.2) is 37.3 Å². The van der Waals surface area contributed by atoms with Gasteiger partial charge in [-0.25, -0.2) is 14.8 Å². The number of carbonyl (C=O) groups is 1. The van der Waals surface area contributed by atoms with E-state index in [1.165, 1.54) is 6.33 Å². The van der Waals surface area contributed by atoms with Crippen molar-refractivity contribution >= 4 is 22.7 Å². The predicted octanol–water partition coefficient (Wildman–Crippen LogP) is 3.83. The van der Waals surface area contributed by atoms with Crippen LogP contribution in [0.1, 0.15) is 34.5 Å². The van der Waals surface area contributed by atoms with Crippen molar-refractivity contribution in [2.24, 2.45) is 0 Å². The van der Waals surface area contributed by atoms with Crippen LogP contribution in [0.2, 0.25) is 0 Å². The normalized spacial score (nSPS) is 12.1. The van der Waals surface area contributed by atoms with E-state index >= 15 is 0 Å². The molecule has 0 amide bonds. The molecule has 0 aliphatic carbocycles. The van der Waals surface area contributed by atoms with Crippen molar-refractivity contribution in [2.45, 2.75) is 19.4 Å². The maximum absolute atomic E-state index is 11.5. The molecule has 7 nitrogen and oxygen atoms in total. The highest BCUT2D eigenvalue weighted by Gasteiger charge is 2.15. The quantitative estimate of drug-likeness (QED) is 0.434. The van der Waals surface area contributed by atoms with Crippen LogP contribution < -0.4 is 5.32 Å². The summed E-state index contributed by atoms with van der Waals surface area (Å²) in [5.74, 6) is -0.306. The number of hydrogen-bond donors (Lipinski definition) is 3. The van der Waals surface area contributed by atoms with E-state index in [-0.39, 0.29) is 24.6 Å². The summed E-state index contributed by atoms with van der Waals surface area (Å²) in [4.78, 5) is 20.3. The molecule has 0 saturated heterocycles. The molecule has 0 radical (unpaired) electrons. The van der Waals surface area contributed by atoms with E-state index in [9.17, 15) is 15.0 Å². The van der Waals surface area contributed by atoms with Gasteiger partial charge in [0.25, 0.3) is 0 Å². The van der Waals surface area contributed by atoms with Gasteiger partial charge in [-0.2, -0.15) is 0 Å². The number of aliphatic hydroxyl groups excluding tert-OH is 1. The summed E-state index contributed by atoms with van der Waals surface area (Å²) >= 11 is 0. The molecule has 30 heavy (non-hydrogen) atoms. The lowest BCUT2D eigenvalue weighted by Gasteiger charge is -2.16. The molecule has 0 saturated carbocycles. The Morgan fingerprint density at radius 3 is 2.67 bits per heavy atom. The predicted molar refractivity (Wildman–Crippen MR) is 115 cm³/mol. The molecule has 152 valence electrons. The molecule has 1 atom stereocenters. The summed E-state index contributed by atoms with van der Waals surface area (Å²) in [6.07, 6.45) is 5.12. The van der Waals surface area contributed by atoms with E-state index in [4.69, 9.17) is 0 Å². The van der Waals surface area contributed by atoms with Crippen LogP contribution in [0.15, 0.2) is 67.3 Å². The van der Waals surface area contributed by atoms with Gasteiger partial charge in [0.2, 0.25) is 0 Å². The first-order chi connectivity index (χ1) is 14.6. The molecular weight excluding hydrogens is 380 g/mol. The van der Waals surface area contributed by atoms with E-state index in [0.717, 1.165) is 22.2 Å². The largest absolute Gasteiger partial charge is 0.478 e. The minimum Gasteiger partial charge on any atom is -0.478 e. The summed E-state index contributed by atoms with van der Waals surface area (Å²) in [7, 11) is 0. The number of aromatic nitrogens is 3. The molecule has 2 aromatic heterocycles. The molecule has 0 aliphatic heterocycles. The highest BCUT2D eigenvalue weighted by Crippen LogP contribution is 2.27. The first-order valence-corrected chi connectivity index (χ1v) is 9.68. The summed E-state index contributed by atoms with van der Waals surface area (Å²) < 4.78 is 1.76. The Balaban J connectivity index is 1.73. The topological polar surface area (TPSA) is 100 Å². The average molecular weight is 402 g/mol. The van der Waals surface area contributed by atoms with Crippen molar-refractivity contribution in [3.63, 3.8) is 0 Å². The molecule has 4 aromatic rings. The molecule has 1 unspecified atom stereocenters. The molecule has 0 aliphatic rings. The van der Waals surface area contributed by atoms with Crippen LogP contribution in [0, 0.1) is 0 Å². The van der Waals surface area contributed by atoms with Crippen molar-refractivity contribution in [1.29, 1.82) is 0 Å². The van der Waals surface area contributed by atoms with Gasteiger partial charge in [0.05, 0.1) is 11.1 Å². The number of carboxylic acids is 1. The fourth-order valence-corrected chi connectivity index (χ4v) is 3.51. The lowest BCUT2D eigenvalue weighted by Crippen LogP contribution is -2.08. The second-order valence-corrected chi connectivity index (χ2v) is 7.08. The van der Waals surface area contributed by atoms with Crippen LogP contribution in [-0.2, 0) is 6.42 Å². The standard InChI is InChI=1S/C23H22N4O3/c1-15(16-5-3-2-4-6-16)26-22-19-11-18(7-8-21(19)24-14-25-22)27-12-17(9-10-28)20(13-27)23(29)30/h2-8,11-15,28H,9-10H2,1H3,(H,29,30)(H,24,25,26). The van der Waals surface area contributed by atoms with Crippen molar-refractivity contribution in [2.75, 3.05) is 11.9 Å². The van der Waals surface area contributed by atoms with Gasteiger partial charge < -0.3 is 20.1 Å². The van der Waals surface area contributed by atoms with Gasteiger partial charge in [0.15, 0.2) is 0 Å². The van der Waals surface area contributed by atoms with Crippen molar-refractivity contribution in [3.05, 3.63) is 83.9 Å². The number of anilines is 1. The zero-order chi connectivity index (χ0) is 21.1. The Bertz CT molecular complexity index is 1190. The third-order valence-electron chi connectivity index (χ3n) is 5.09. The van der Waals surface area contributed by atoms with Crippen molar-refractivity contribution in [1.82, 2.24) is 14.5 Å². The minimum atomic E-state index is -1.01. The average Bonchev–Trinajstić information content (AvgIpc) is 3.19. The molecule has 2 aromatic carbocycles. The number of hydrogen-bond acceptors (Lipinski definition) is 5. The van der Waals surface area contributed by atoms with Crippen LogP contribution in [0.4, 0.5) is 5.82 Å². The number of nitrogens with zero attached hydrogens (tertiary/aromatic N) is 3. The molecule has 0 fully saturated rings. The summed E-state index contributed by atoms with van der Waals surface area (Å²) in [6.45, 7) is 1.96. The monoisotopic (exact) mass is 402 g/mol. The van der Waals surface area contributed by atoms with Gasteiger partial charge in [0, 0.05) is 36.1 Å². The molecular formula is C23H22N4O3. The Morgan fingerprint density at radius 1 is 1.13 bits per heavy atom. The van der Waals surface area contributed by atoms with Crippen LogP contribution in [0.25, 0.3) is 16.6 Å². The van der Waals surface area contributed by atoms with Crippen LogP contribution in [0.5, 0.6) is 0 Å². The molecule has 3 N–H and O–H groups in total. The van der Waals surface area contributed by atoms with Crippen LogP contribution >= 0.6 is 0 Å². The first kappa shape index (κ1) is 19.6. The fourth-order valence-electron chi connectivity index (χ4n) is 3.51. The number of aliphatic hydroxyl groups is 1. The van der Waals surface area contributed by atoms with Gasteiger partial charge in [-0.1, -0.05) is 30.3 Å². The van der Waals surface area contributed by atoms with E-state index < -0.39 is 5.97 Å². The maximum atomic E-state index is 11.5. The number of aromatic carboxylic acids is 1. The van der Waals surface area contributed by atoms with E-state index in [0.29, 0.717) is 11.4 Å². The lowest BCUT2D eigenvalue weighted by atomic mass is 10.1. The lowest BCUT2D eigenvalue weighted by molar-refractivity contribution is 0.0695. The number of benzene rings is 2. The van der Waals surface area contributed by atoms with Gasteiger partial charge in [-0.3, -0.25) is 0 Å². The number of fused-ring (bicyclic) bond motifs is 1. The zero-order valence-corrected chi connectivity index (χ0v) is 16.5. The highest BCUT2D eigenvalue weighted by atomic mass is 16.4. The highest BCUT2D eigenvalue weighted by molar-refractivity contribution is 5.91.